The van der Waals surface area contributed by atoms with Crippen molar-refractivity contribution in [1.82, 2.24) is 4.57 Å². The summed E-state index contributed by atoms with van der Waals surface area (Å²) < 4.78 is 20.9. The lowest BCUT2D eigenvalue weighted by molar-refractivity contribution is -0.923. The fourth-order valence-electron chi connectivity index (χ4n) is 3.32. The van der Waals surface area contributed by atoms with Crippen molar-refractivity contribution >= 4 is 16.8 Å². The fraction of sp³-hybridized carbons (Fsp3) is 0.278. The van der Waals surface area contributed by atoms with Crippen LogP contribution < -0.4 is 15.6 Å². The summed E-state index contributed by atoms with van der Waals surface area (Å²) in [5, 5.41) is 0. The Morgan fingerprint density at radius 2 is 1.75 bits per heavy atom. The maximum Gasteiger partial charge on any atom is 0.424 e. The van der Waals surface area contributed by atoms with Gasteiger partial charge in [-0.3, -0.25) is 0 Å². The van der Waals surface area contributed by atoms with Crippen molar-refractivity contribution in [1.29, 1.82) is 0 Å². The molecule has 1 saturated heterocycles. The molecule has 2 aromatic carbocycles. The SMILES string of the molecule is O=c1oc2ccccc2n1C[NH+]1CCN(c2ccccc2F)CC1. The van der Waals surface area contributed by atoms with E-state index in [4.69, 9.17) is 4.42 Å². The Bertz CT molecular complexity index is 910. The second-order valence-corrected chi connectivity index (χ2v) is 6.11. The van der Waals surface area contributed by atoms with Crippen LogP contribution in [0.1, 0.15) is 0 Å². The molecule has 124 valence electrons. The van der Waals surface area contributed by atoms with E-state index in [1.807, 2.05) is 30.3 Å². The molecule has 4 rings (SSSR count). The molecule has 24 heavy (non-hydrogen) atoms. The first-order valence-corrected chi connectivity index (χ1v) is 8.14. The van der Waals surface area contributed by atoms with E-state index < -0.39 is 0 Å². The van der Waals surface area contributed by atoms with E-state index in [0.29, 0.717) is 17.9 Å². The molecule has 1 N–H and O–H groups in total. The van der Waals surface area contributed by atoms with Crippen LogP contribution in [0.5, 0.6) is 0 Å². The number of piperazine rings is 1. The number of quaternary nitrogens is 1. The normalized spacial score (nSPS) is 16.0. The lowest BCUT2D eigenvalue weighted by Gasteiger charge is -2.33. The average molecular weight is 328 g/mol. The van der Waals surface area contributed by atoms with Gasteiger partial charge < -0.3 is 14.2 Å². The summed E-state index contributed by atoms with van der Waals surface area (Å²) in [6, 6.07) is 14.3. The molecule has 5 nitrogen and oxygen atoms in total. The Morgan fingerprint density at radius 1 is 1.04 bits per heavy atom. The largest absolute Gasteiger partial charge is 0.424 e. The number of oxazole rings is 1. The van der Waals surface area contributed by atoms with Gasteiger partial charge in [0.1, 0.15) is 5.82 Å². The van der Waals surface area contributed by atoms with Gasteiger partial charge in [0.15, 0.2) is 12.3 Å². The molecule has 0 spiro atoms. The zero-order chi connectivity index (χ0) is 16.5. The third-order valence-corrected chi connectivity index (χ3v) is 4.62. The van der Waals surface area contributed by atoms with Crippen LogP contribution in [0.4, 0.5) is 10.1 Å². The maximum atomic E-state index is 13.9. The molecular formula is C18H19FN3O2+. The second kappa shape index (κ2) is 6.13. The number of aromatic nitrogens is 1. The Labute approximate surface area is 138 Å². The molecule has 1 aliphatic heterocycles. The molecule has 0 radical (unpaired) electrons. The van der Waals surface area contributed by atoms with Crippen LogP contribution >= 0.6 is 0 Å². The van der Waals surface area contributed by atoms with Crippen LogP contribution in [-0.4, -0.2) is 30.7 Å². The van der Waals surface area contributed by atoms with Crippen molar-refractivity contribution < 1.29 is 13.7 Å². The predicted octanol–water partition coefficient (Wildman–Crippen LogP) is 1.10. The van der Waals surface area contributed by atoms with Crippen LogP contribution in [0, 0.1) is 5.82 Å². The zero-order valence-corrected chi connectivity index (χ0v) is 13.2. The summed E-state index contributed by atoms with van der Waals surface area (Å²) in [4.78, 5) is 15.4. The highest BCUT2D eigenvalue weighted by molar-refractivity contribution is 5.72. The summed E-state index contributed by atoms with van der Waals surface area (Å²) >= 11 is 0. The monoisotopic (exact) mass is 328 g/mol. The van der Waals surface area contributed by atoms with Crippen molar-refractivity contribution in [2.24, 2.45) is 0 Å². The maximum absolute atomic E-state index is 13.9. The number of nitrogens with one attached hydrogen (secondary N) is 1. The molecule has 3 aromatic rings. The standard InChI is InChI=1S/C18H18FN3O2/c19-14-5-1-2-6-15(14)21-11-9-20(10-12-21)13-22-16-7-3-4-8-17(16)24-18(22)23/h1-8H,9-13H2/p+1. The van der Waals surface area contributed by atoms with Gasteiger partial charge in [-0.05, 0) is 24.3 Å². The smallest absolute Gasteiger partial charge is 0.408 e. The van der Waals surface area contributed by atoms with E-state index in [-0.39, 0.29) is 11.6 Å². The Kier molecular flexibility index (Phi) is 3.82. The number of nitrogens with zero attached hydrogens (tertiary/aromatic N) is 2. The molecule has 1 aliphatic rings. The third-order valence-electron chi connectivity index (χ3n) is 4.62. The van der Waals surface area contributed by atoms with Gasteiger partial charge in [0.25, 0.3) is 0 Å². The number of fused-ring (bicyclic) bond motifs is 1. The van der Waals surface area contributed by atoms with E-state index in [0.717, 1.165) is 31.7 Å². The first-order valence-electron chi connectivity index (χ1n) is 8.14. The molecule has 0 saturated carbocycles. The molecule has 0 atom stereocenters. The van der Waals surface area contributed by atoms with Crippen LogP contribution in [0.3, 0.4) is 0 Å². The van der Waals surface area contributed by atoms with Crippen molar-refractivity contribution in [3.63, 3.8) is 0 Å². The van der Waals surface area contributed by atoms with Crippen molar-refractivity contribution in [3.8, 4) is 0 Å². The number of hydrogen-bond acceptors (Lipinski definition) is 3. The third kappa shape index (κ3) is 2.69. The van der Waals surface area contributed by atoms with Gasteiger partial charge in [-0.1, -0.05) is 24.3 Å². The number of hydrogen-bond donors (Lipinski definition) is 1. The van der Waals surface area contributed by atoms with Crippen molar-refractivity contribution in [2.75, 3.05) is 31.1 Å². The van der Waals surface area contributed by atoms with Crippen LogP contribution in [0.2, 0.25) is 0 Å². The molecular weight excluding hydrogens is 309 g/mol. The van der Waals surface area contributed by atoms with E-state index in [1.165, 1.54) is 11.0 Å². The van der Waals surface area contributed by atoms with E-state index in [2.05, 4.69) is 4.90 Å². The lowest BCUT2D eigenvalue weighted by atomic mass is 10.2. The summed E-state index contributed by atoms with van der Waals surface area (Å²) in [5.41, 5.74) is 2.10. The molecule has 1 aromatic heterocycles. The van der Waals surface area contributed by atoms with Crippen molar-refractivity contribution in [3.05, 3.63) is 64.9 Å². The molecule has 0 bridgehead atoms. The quantitative estimate of drug-likeness (QED) is 0.783. The number of anilines is 1. The van der Waals surface area contributed by atoms with Gasteiger partial charge >= 0.3 is 5.76 Å². The highest BCUT2D eigenvalue weighted by Gasteiger charge is 2.23. The Balaban J connectivity index is 1.48. The lowest BCUT2D eigenvalue weighted by Crippen LogP contribution is -3.14. The molecule has 0 unspecified atom stereocenters. The number of halogens is 1. The topological polar surface area (TPSA) is 42.8 Å². The van der Waals surface area contributed by atoms with Crippen LogP contribution in [-0.2, 0) is 6.67 Å². The van der Waals surface area contributed by atoms with Gasteiger partial charge in [-0.25, -0.2) is 13.8 Å². The van der Waals surface area contributed by atoms with Crippen LogP contribution in [0.15, 0.2) is 57.7 Å². The number of para-hydroxylation sites is 3. The van der Waals surface area contributed by atoms with Gasteiger partial charge in [-0.15, -0.1) is 0 Å². The van der Waals surface area contributed by atoms with Gasteiger partial charge in [-0.2, -0.15) is 0 Å². The second-order valence-electron chi connectivity index (χ2n) is 6.11. The van der Waals surface area contributed by atoms with E-state index in [1.54, 1.807) is 16.7 Å². The molecule has 0 aliphatic carbocycles. The highest BCUT2D eigenvalue weighted by Crippen LogP contribution is 2.18. The molecule has 0 amide bonds. The van der Waals surface area contributed by atoms with E-state index in [9.17, 15) is 9.18 Å². The molecule has 6 heteroatoms. The number of benzene rings is 2. The summed E-state index contributed by atoms with van der Waals surface area (Å²) in [6.45, 7) is 3.79. The van der Waals surface area contributed by atoms with Crippen LogP contribution in [0.25, 0.3) is 11.1 Å². The van der Waals surface area contributed by atoms with Gasteiger partial charge in [0.2, 0.25) is 0 Å². The fourth-order valence-corrected chi connectivity index (χ4v) is 3.32. The van der Waals surface area contributed by atoms with Gasteiger partial charge in [0.05, 0.1) is 37.4 Å². The predicted molar refractivity (Wildman–Crippen MR) is 89.8 cm³/mol. The Morgan fingerprint density at radius 3 is 2.54 bits per heavy atom. The average Bonchev–Trinajstić information content (AvgIpc) is 2.92. The van der Waals surface area contributed by atoms with E-state index >= 15 is 0 Å². The van der Waals surface area contributed by atoms with Crippen molar-refractivity contribution in [2.45, 2.75) is 6.67 Å². The Hall–Kier alpha value is -2.60. The summed E-state index contributed by atoms with van der Waals surface area (Å²) in [5.74, 6) is -0.502. The molecule has 1 fully saturated rings. The minimum Gasteiger partial charge on any atom is -0.408 e. The summed E-state index contributed by atoms with van der Waals surface area (Å²) in [7, 11) is 0. The highest BCUT2D eigenvalue weighted by atomic mass is 19.1. The molecule has 2 heterocycles. The number of rotatable bonds is 3. The van der Waals surface area contributed by atoms with Gasteiger partial charge in [0, 0.05) is 0 Å². The summed E-state index contributed by atoms with van der Waals surface area (Å²) in [6.07, 6.45) is 0. The first kappa shape index (κ1) is 15.0. The first-order chi connectivity index (χ1) is 11.7. The minimum atomic E-state index is -0.319. The zero-order valence-electron chi connectivity index (χ0n) is 13.2. The minimum absolute atomic E-state index is 0.182.